The van der Waals surface area contributed by atoms with Crippen LogP contribution in [0.2, 0.25) is 0 Å². The van der Waals surface area contributed by atoms with Gasteiger partial charge in [0.1, 0.15) is 0 Å². The second kappa shape index (κ2) is 4.42. The second-order valence-corrected chi connectivity index (χ2v) is 5.14. The molecule has 0 amide bonds. The van der Waals surface area contributed by atoms with E-state index in [9.17, 15) is 4.79 Å². The van der Waals surface area contributed by atoms with Crippen molar-refractivity contribution < 1.29 is 9.90 Å². The van der Waals surface area contributed by atoms with Crippen molar-refractivity contribution in [3.05, 3.63) is 46.5 Å². The smallest absolute Gasteiger partial charge is 0.355 e. The minimum Gasteiger partial charge on any atom is -0.476 e. The predicted molar refractivity (Wildman–Crippen MR) is 70.2 cm³/mol. The lowest BCUT2D eigenvalue weighted by Crippen LogP contribution is -2.07. The summed E-state index contributed by atoms with van der Waals surface area (Å²) in [5.74, 6) is -0.980. The average molecular weight is 260 g/mol. The van der Waals surface area contributed by atoms with E-state index in [0.29, 0.717) is 5.13 Å². The summed E-state index contributed by atoms with van der Waals surface area (Å²) in [5, 5.41) is 14.4. The van der Waals surface area contributed by atoms with Gasteiger partial charge in [-0.25, -0.2) is 9.78 Å². The normalized spacial score (nSPS) is 17.4. The number of hydrogen-bond acceptors (Lipinski definition) is 4. The van der Waals surface area contributed by atoms with E-state index in [1.807, 2.05) is 12.1 Å². The summed E-state index contributed by atoms with van der Waals surface area (Å²) in [7, 11) is 0. The molecule has 0 aliphatic heterocycles. The summed E-state index contributed by atoms with van der Waals surface area (Å²) >= 11 is 1.34. The number of aromatic nitrogens is 1. The fraction of sp³-hybridized carbons (Fsp3) is 0.231. The summed E-state index contributed by atoms with van der Waals surface area (Å²) in [6.07, 6.45) is 2.09. The number of hydrogen-bond donors (Lipinski definition) is 2. The first-order chi connectivity index (χ1) is 8.74. The lowest BCUT2D eigenvalue weighted by molar-refractivity contribution is 0.0691. The van der Waals surface area contributed by atoms with Gasteiger partial charge in [-0.3, -0.25) is 0 Å². The number of carboxylic acids is 1. The van der Waals surface area contributed by atoms with Crippen molar-refractivity contribution in [3.63, 3.8) is 0 Å². The Kier molecular flexibility index (Phi) is 2.76. The van der Waals surface area contributed by atoms with Crippen LogP contribution in [0.4, 0.5) is 5.13 Å². The van der Waals surface area contributed by atoms with Crippen LogP contribution in [0.25, 0.3) is 0 Å². The topological polar surface area (TPSA) is 62.2 Å². The Balaban J connectivity index is 1.80. The zero-order chi connectivity index (χ0) is 12.5. The van der Waals surface area contributed by atoms with E-state index >= 15 is 0 Å². The first-order valence-electron chi connectivity index (χ1n) is 5.77. The van der Waals surface area contributed by atoms with Gasteiger partial charge >= 0.3 is 5.97 Å². The van der Waals surface area contributed by atoms with Crippen molar-refractivity contribution in [2.24, 2.45) is 0 Å². The Bertz CT molecular complexity index is 594. The van der Waals surface area contributed by atoms with E-state index in [-0.39, 0.29) is 11.7 Å². The highest BCUT2D eigenvalue weighted by molar-refractivity contribution is 7.13. The molecule has 2 aromatic rings. The number of carbonyl (C=O) groups is 1. The molecule has 1 aromatic carbocycles. The molecule has 1 aliphatic rings. The monoisotopic (exact) mass is 260 g/mol. The van der Waals surface area contributed by atoms with Crippen LogP contribution >= 0.6 is 11.3 Å². The molecular weight excluding hydrogens is 248 g/mol. The van der Waals surface area contributed by atoms with Gasteiger partial charge in [0.2, 0.25) is 0 Å². The molecule has 0 saturated heterocycles. The van der Waals surface area contributed by atoms with Crippen LogP contribution in [-0.2, 0) is 6.42 Å². The fourth-order valence-corrected chi connectivity index (χ4v) is 3.03. The van der Waals surface area contributed by atoms with E-state index in [2.05, 4.69) is 22.4 Å². The number of rotatable bonds is 3. The Morgan fingerprint density at radius 2 is 2.28 bits per heavy atom. The number of nitrogens with one attached hydrogen (secondary N) is 1. The van der Waals surface area contributed by atoms with E-state index in [1.54, 1.807) is 5.38 Å². The van der Waals surface area contributed by atoms with Gasteiger partial charge in [0.05, 0.1) is 6.04 Å². The second-order valence-electron chi connectivity index (χ2n) is 4.28. The van der Waals surface area contributed by atoms with Gasteiger partial charge < -0.3 is 10.4 Å². The zero-order valence-electron chi connectivity index (χ0n) is 9.59. The Labute approximate surface area is 108 Å². The number of thiazole rings is 1. The molecule has 4 nitrogen and oxygen atoms in total. The van der Waals surface area contributed by atoms with E-state index in [0.717, 1.165) is 12.8 Å². The van der Waals surface area contributed by atoms with Crippen LogP contribution in [0.15, 0.2) is 29.6 Å². The summed E-state index contributed by atoms with van der Waals surface area (Å²) in [5.41, 5.74) is 2.77. The molecule has 1 aliphatic carbocycles. The number of carboxylic acid groups (broad SMARTS) is 1. The van der Waals surface area contributed by atoms with Gasteiger partial charge in [-0.05, 0) is 24.0 Å². The zero-order valence-corrected chi connectivity index (χ0v) is 10.4. The number of aryl methyl sites for hydroxylation is 1. The molecule has 1 aromatic heterocycles. The third-order valence-corrected chi connectivity index (χ3v) is 3.93. The molecule has 0 fully saturated rings. The van der Waals surface area contributed by atoms with Crippen LogP contribution in [0.5, 0.6) is 0 Å². The van der Waals surface area contributed by atoms with E-state index in [4.69, 9.17) is 5.11 Å². The first kappa shape index (κ1) is 11.2. The number of fused-ring (bicyclic) bond motifs is 1. The van der Waals surface area contributed by atoms with Gasteiger partial charge in [0.25, 0.3) is 0 Å². The molecule has 1 atom stereocenters. The Hall–Kier alpha value is -1.88. The Morgan fingerprint density at radius 1 is 1.44 bits per heavy atom. The number of aromatic carboxylic acids is 1. The molecule has 0 saturated carbocycles. The third-order valence-electron chi connectivity index (χ3n) is 3.15. The molecule has 92 valence electrons. The predicted octanol–water partition coefficient (Wildman–Crippen LogP) is 2.94. The molecule has 0 bridgehead atoms. The lowest BCUT2D eigenvalue weighted by Gasteiger charge is -2.12. The Morgan fingerprint density at radius 3 is 3.06 bits per heavy atom. The number of nitrogens with zero attached hydrogens (tertiary/aromatic N) is 1. The maximum atomic E-state index is 10.8. The average Bonchev–Trinajstić information content (AvgIpc) is 2.98. The van der Waals surface area contributed by atoms with Crippen LogP contribution in [0, 0.1) is 0 Å². The summed E-state index contributed by atoms with van der Waals surface area (Å²) in [4.78, 5) is 14.8. The molecule has 0 spiro atoms. The highest BCUT2D eigenvalue weighted by Crippen LogP contribution is 2.34. The molecule has 18 heavy (non-hydrogen) atoms. The van der Waals surface area contributed by atoms with Crippen LogP contribution in [0.1, 0.15) is 34.1 Å². The van der Waals surface area contributed by atoms with Gasteiger partial charge in [0, 0.05) is 5.38 Å². The van der Waals surface area contributed by atoms with Crippen LogP contribution < -0.4 is 5.32 Å². The molecule has 3 rings (SSSR count). The van der Waals surface area contributed by atoms with Gasteiger partial charge in [-0.2, -0.15) is 0 Å². The van der Waals surface area contributed by atoms with E-state index < -0.39 is 5.97 Å². The molecule has 1 unspecified atom stereocenters. The summed E-state index contributed by atoms with van der Waals surface area (Å²) < 4.78 is 0. The largest absolute Gasteiger partial charge is 0.476 e. The van der Waals surface area contributed by atoms with Crippen molar-refractivity contribution in [1.29, 1.82) is 0 Å². The first-order valence-corrected chi connectivity index (χ1v) is 6.65. The highest BCUT2D eigenvalue weighted by atomic mass is 32.1. The molecule has 2 N–H and O–H groups in total. The lowest BCUT2D eigenvalue weighted by atomic mass is 10.1. The van der Waals surface area contributed by atoms with Gasteiger partial charge in [0.15, 0.2) is 10.8 Å². The molecule has 1 heterocycles. The number of benzene rings is 1. The SMILES string of the molecule is O=C(O)c1csc(NC2CCc3ccccc32)n1. The van der Waals surface area contributed by atoms with Crippen molar-refractivity contribution in [3.8, 4) is 0 Å². The molecular formula is C13H12N2O2S. The van der Waals surface area contributed by atoms with Crippen molar-refractivity contribution >= 4 is 22.4 Å². The summed E-state index contributed by atoms with van der Waals surface area (Å²) in [6, 6.07) is 8.58. The van der Waals surface area contributed by atoms with Crippen molar-refractivity contribution in [2.45, 2.75) is 18.9 Å². The minimum absolute atomic E-state index is 0.105. The maximum Gasteiger partial charge on any atom is 0.355 e. The van der Waals surface area contributed by atoms with E-state index in [1.165, 1.54) is 22.5 Å². The third kappa shape index (κ3) is 1.97. The van der Waals surface area contributed by atoms with Crippen LogP contribution in [-0.4, -0.2) is 16.1 Å². The van der Waals surface area contributed by atoms with Crippen molar-refractivity contribution in [2.75, 3.05) is 5.32 Å². The molecule has 0 radical (unpaired) electrons. The van der Waals surface area contributed by atoms with Gasteiger partial charge in [-0.1, -0.05) is 24.3 Å². The summed E-state index contributed by atoms with van der Waals surface area (Å²) in [6.45, 7) is 0. The maximum absolute atomic E-state index is 10.8. The minimum atomic E-state index is -0.980. The molecule has 5 heteroatoms. The number of anilines is 1. The fourth-order valence-electron chi connectivity index (χ4n) is 2.29. The van der Waals surface area contributed by atoms with Gasteiger partial charge in [-0.15, -0.1) is 11.3 Å². The van der Waals surface area contributed by atoms with Crippen LogP contribution in [0.3, 0.4) is 0 Å². The highest BCUT2D eigenvalue weighted by Gasteiger charge is 2.22. The van der Waals surface area contributed by atoms with Crippen molar-refractivity contribution in [1.82, 2.24) is 4.98 Å². The standard InChI is InChI=1S/C13H12N2O2S/c16-12(17)11-7-18-13(15-11)14-10-6-5-8-3-1-2-4-9(8)10/h1-4,7,10H,5-6H2,(H,14,15)(H,16,17). The quantitative estimate of drug-likeness (QED) is 0.890.